The van der Waals surface area contributed by atoms with Gasteiger partial charge in [0.1, 0.15) is 17.4 Å². The van der Waals surface area contributed by atoms with Crippen LogP contribution in [-0.4, -0.2) is 11.8 Å². The topological polar surface area (TPSA) is 35.2 Å². The molecule has 1 aromatic rings. The zero-order valence-electron chi connectivity index (χ0n) is 9.64. The summed E-state index contributed by atoms with van der Waals surface area (Å²) in [5.41, 5.74) is 5.68. The van der Waals surface area contributed by atoms with Crippen LogP contribution in [0.4, 0.5) is 13.2 Å². The van der Waals surface area contributed by atoms with Gasteiger partial charge in [0, 0.05) is 6.42 Å². The minimum absolute atomic E-state index is 0.0811. The molecule has 1 aromatic carbocycles. The molecule has 17 heavy (non-hydrogen) atoms. The van der Waals surface area contributed by atoms with Crippen LogP contribution in [0.3, 0.4) is 0 Å². The molecule has 0 aliphatic carbocycles. The van der Waals surface area contributed by atoms with Crippen molar-refractivity contribution < 1.29 is 17.9 Å². The van der Waals surface area contributed by atoms with Gasteiger partial charge in [0.15, 0.2) is 0 Å². The van der Waals surface area contributed by atoms with Crippen LogP contribution in [0.15, 0.2) is 18.2 Å². The molecule has 0 spiro atoms. The molecular weight excluding hydrogens is 231 g/mol. The van der Waals surface area contributed by atoms with E-state index >= 15 is 0 Å². The zero-order valence-corrected chi connectivity index (χ0v) is 9.64. The first-order valence-corrected chi connectivity index (χ1v) is 5.33. The lowest BCUT2D eigenvalue weighted by molar-refractivity contribution is -0.149. The van der Waals surface area contributed by atoms with Gasteiger partial charge in [-0.1, -0.05) is 12.1 Å². The van der Waals surface area contributed by atoms with Crippen LogP contribution >= 0.6 is 0 Å². The second-order valence-corrected chi connectivity index (χ2v) is 4.92. The molecule has 0 saturated heterocycles. The van der Waals surface area contributed by atoms with Crippen molar-refractivity contribution in [2.75, 3.05) is 0 Å². The number of rotatable bonds is 1. The van der Waals surface area contributed by atoms with Crippen LogP contribution in [0.2, 0.25) is 0 Å². The maximum absolute atomic E-state index is 12.5. The highest BCUT2D eigenvalue weighted by Crippen LogP contribution is 2.38. The van der Waals surface area contributed by atoms with E-state index in [2.05, 4.69) is 0 Å². The summed E-state index contributed by atoms with van der Waals surface area (Å²) in [5, 5.41) is 0. The molecule has 1 aliphatic heterocycles. The Labute approximate surface area is 97.6 Å². The molecule has 2 nitrogen and oxygen atoms in total. The summed E-state index contributed by atoms with van der Waals surface area (Å²) in [6.07, 6.45) is -3.82. The van der Waals surface area contributed by atoms with Crippen LogP contribution < -0.4 is 10.5 Å². The number of fused-ring (bicyclic) bond motifs is 1. The monoisotopic (exact) mass is 245 g/mol. The van der Waals surface area contributed by atoms with E-state index in [1.54, 1.807) is 6.07 Å². The van der Waals surface area contributed by atoms with Crippen LogP contribution in [0.5, 0.6) is 5.75 Å². The van der Waals surface area contributed by atoms with Gasteiger partial charge in [0.2, 0.25) is 0 Å². The Kier molecular flexibility index (Phi) is 2.61. The number of alkyl halides is 3. The van der Waals surface area contributed by atoms with E-state index in [9.17, 15) is 13.2 Å². The molecule has 1 unspecified atom stereocenters. The van der Waals surface area contributed by atoms with Gasteiger partial charge in [-0.15, -0.1) is 0 Å². The fraction of sp³-hybridized carbons (Fsp3) is 0.500. The van der Waals surface area contributed by atoms with Crippen molar-refractivity contribution in [3.05, 3.63) is 29.3 Å². The second kappa shape index (κ2) is 3.63. The minimum Gasteiger partial charge on any atom is -0.487 e. The highest BCUT2D eigenvalue weighted by molar-refractivity contribution is 5.42. The van der Waals surface area contributed by atoms with E-state index in [1.807, 2.05) is 13.8 Å². The smallest absolute Gasteiger partial charge is 0.407 e. The third-order valence-electron chi connectivity index (χ3n) is 2.80. The van der Waals surface area contributed by atoms with Gasteiger partial charge in [0.25, 0.3) is 0 Å². The number of hydrogen-bond donors (Lipinski definition) is 1. The van der Waals surface area contributed by atoms with Gasteiger partial charge >= 0.3 is 6.18 Å². The Bertz CT molecular complexity index is 440. The Morgan fingerprint density at radius 2 is 2.00 bits per heavy atom. The van der Waals surface area contributed by atoms with Crippen LogP contribution in [0, 0.1) is 0 Å². The quantitative estimate of drug-likeness (QED) is 0.825. The maximum Gasteiger partial charge on any atom is 0.407 e. The van der Waals surface area contributed by atoms with E-state index in [1.165, 1.54) is 12.1 Å². The van der Waals surface area contributed by atoms with Crippen molar-refractivity contribution in [1.29, 1.82) is 0 Å². The lowest BCUT2D eigenvalue weighted by atomic mass is 9.98. The zero-order chi connectivity index (χ0) is 12.8. The first kappa shape index (κ1) is 12.2. The molecule has 0 aromatic heterocycles. The van der Waals surface area contributed by atoms with Crippen LogP contribution in [-0.2, 0) is 6.42 Å². The van der Waals surface area contributed by atoms with Crippen molar-refractivity contribution >= 4 is 0 Å². The minimum atomic E-state index is -4.41. The normalized spacial score (nSPS) is 19.6. The number of nitrogens with two attached hydrogens (primary N) is 1. The molecule has 1 aliphatic rings. The Morgan fingerprint density at radius 3 is 2.59 bits per heavy atom. The molecule has 1 heterocycles. The lowest BCUT2D eigenvalue weighted by Crippen LogP contribution is -2.28. The Hall–Kier alpha value is -1.23. The van der Waals surface area contributed by atoms with Gasteiger partial charge in [-0.2, -0.15) is 13.2 Å². The third-order valence-corrected chi connectivity index (χ3v) is 2.80. The van der Waals surface area contributed by atoms with Gasteiger partial charge < -0.3 is 10.5 Å². The molecule has 0 radical (unpaired) electrons. The molecule has 2 N–H and O–H groups in total. The molecule has 0 fully saturated rings. The Balaban J connectivity index is 2.31. The van der Waals surface area contributed by atoms with E-state index in [0.29, 0.717) is 12.2 Å². The first-order valence-electron chi connectivity index (χ1n) is 5.33. The van der Waals surface area contributed by atoms with Crippen LogP contribution in [0.25, 0.3) is 0 Å². The SMILES string of the molecule is CC1(C)Cc2cc(C(N)C(F)(F)F)ccc2O1. The number of halogens is 3. The van der Waals surface area contributed by atoms with Crippen molar-refractivity contribution in [2.45, 2.75) is 38.1 Å². The van der Waals surface area contributed by atoms with Crippen molar-refractivity contribution in [3.63, 3.8) is 0 Å². The van der Waals surface area contributed by atoms with E-state index in [0.717, 1.165) is 5.56 Å². The molecule has 5 heteroatoms. The van der Waals surface area contributed by atoms with Crippen molar-refractivity contribution in [1.82, 2.24) is 0 Å². The first-order chi connectivity index (χ1) is 7.69. The lowest BCUT2D eigenvalue weighted by Gasteiger charge is -2.17. The Morgan fingerprint density at radius 1 is 1.35 bits per heavy atom. The maximum atomic E-state index is 12.5. The fourth-order valence-electron chi connectivity index (χ4n) is 2.01. The van der Waals surface area contributed by atoms with Gasteiger partial charge in [-0.25, -0.2) is 0 Å². The summed E-state index contributed by atoms with van der Waals surface area (Å²) in [6.45, 7) is 3.80. The van der Waals surface area contributed by atoms with E-state index in [-0.39, 0.29) is 11.2 Å². The summed E-state index contributed by atoms with van der Waals surface area (Å²) in [6, 6.07) is 2.49. The summed E-state index contributed by atoms with van der Waals surface area (Å²) in [7, 11) is 0. The highest BCUT2D eigenvalue weighted by atomic mass is 19.4. The number of ether oxygens (including phenoxy) is 1. The average Bonchev–Trinajstić information content (AvgIpc) is 2.47. The summed E-state index contributed by atoms with van der Waals surface area (Å²) in [5.74, 6) is 0.646. The third kappa shape index (κ3) is 2.39. The molecule has 2 rings (SSSR count). The summed E-state index contributed by atoms with van der Waals surface area (Å²) in [4.78, 5) is 0. The number of benzene rings is 1. The largest absolute Gasteiger partial charge is 0.487 e. The fourth-order valence-corrected chi connectivity index (χ4v) is 2.01. The van der Waals surface area contributed by atoms with E-state index in [4.69, 9.17) is 10.5 Å². The van der Waals surface area contributed by atoms with Gasteiger partial charge in [-0.3, -0.25) is 0 Å². The molecule has 0 saturated carbocycles. The predicted molar refractivity (Wildman–Crippen MR) is 57.8 cm³/mol. The summed E-state index contributed by atoms with van der Waals surface area (Å²) >= 11 is 0. The molecule has 0 bridgehead atoms. The molecule has 94 valence electrons. The van der Waals surface area contributed by atoms with Crippen molar-refractivity contribution in [2.24, 2.45) is 5.73 Å². The second-order valence-electron chi connectivity index (χ2n) is 4.92. The molecule has 0 amide bonds. The van der Waals surface area contributed by atoms with Gasteiger partial charge in [0.05, 0.1) is 0 Å². The molecular formula is C12H14F3NO. The van der Waals surface area contributed by atoms with Crippen molar-refractivity contribution in [3.8, 4) is 5.75 Å². The average molecular weight is 245 g/mol. The molecule has 1 atom stereocenters. The van der Waals surface area contributed by atoms with Crippen LogP contribution in [0.1, 0.15) is 31.0 Å². The number of hydrogen-bond acceptors (Lipinski definition) is 2. The standard InChI is InChI=1S/C12H14F3NO/c1-11(2)6-8-5-7(3-4-9(8)17-11)10(16)12(13,14)15/h3-5,10H,6,16H2,1-2H3. The van der Waals surface area contributed by atoms with E-state index < -0.39 is 12.2 Å². The van der Waals surface area contributed by atoms with Gasteiger partial charge in [-0.05, 0) is 31.0 Å². The highest BCUT2D eigenvalue weighted by Gasteiger charge is 2.39. The summed E-state index contributed by atoms with van der Waals surface area (Å²) < 4.78 is 43.0. The predicted octanol–water partition coefficient (Wildman–Crippen LogP) is 2.96.